The van der Waals surface area contributed by atoms with Crippen LogP contribution < -0.4 is 0 Å². The van der Waals surface area contributed by atoms with E-state index < -0.39 is 0 Å². The van der Waals surface area contributed by atoms with Crippen LogP contribution in [0.1, 0.15) is 46.2 Å². The third-order valence-electron chi connectivity index (χ3n) is 5.74. The van der Waals surface area contributed by atoms with Crippen LogP contribution in [-0.4, -0.2) is 32.0 Å². The molecule has 0 spiro atoms. The molecular formula is C27H29N3O2. The molecule has 0 unspecified atom stereocenters. The summed E-state index contributed by atoms with van der Waals surface area (Å²) in [5, 5.41) is 9.74. The number of phenols is 1. The molecule has 1 N–H and O–H groups in total. The second-order valence-corrected chi connectivity index (χ2v) is 8.37. The Morgan fingerprint density at radius 1 is 1.00 bits per heavy atom. The van der Waals surface area contributed by atoms with Gasteiger partial charge in [-0.05, 0) is 74.7 Å². The standard InChI is InChI=1S/C27H29N3O2/c1-5-14-29(27(32)26-19(3)15-18(2)16-20(26)4)17-25-28-23-8-6-7-9-24(23)30(25)21-10-12-22(31)13-11-21/h6-13,15-16,31H,5,14,17H2,1-4H3. The summed E-state index contributed by atoms with van der Waals surface area (Å²) < 4.78 is 2.07. The predicted molar refractivity (Wildman–Crippen MR) is 128 cm³/mol. The number of benzene rings is 3. The molecule has 164 valence electrons. The zero-order valence-corrected chi connectivity index (χ0v) is 19.1. The van der Waals surface area contributed by atoms with Crippen molar-refractivity contribution in [1.29, 1.82) is 0 Å². The van der Waals surface area contributed by atoms with E-state index in [4.69, 9.17) is 4.98 Å². The number of fused-ring (bicyclic) bond motifs is 1. The van der Waals surface area contributed by atoms with Crippen molar-refractivity contribution in [2.24, 2.45) is 0 Å². The summed E-state index contributed by atoms with van der Waals surface area (Å²) >= 11 is 0. The number of amides is 1. The molecule has 0 radical (unpaired) electrons. The molecule has 3 aromatic carbocycles. The number of imidazole rings is 1. The van der Waals surface area contributed by atoms with Crippen LogP contribution in [0.2, 0.25) is 0 Å². The zero-order valence-electron chi connectivity index (χ0n) is 19.1. The molecule has 1 heterocycles. The topological polar surface area (TPSA) is 58.4 Å². The van der Waals surface area contributed by atoms with Crippen molar-refractivity contribution < 1.29 is 9.90 Å². The molecule has 0 bridgehead atoms. The summed E-state index contributed by atoms with van der Waals surface area (Å²) in [6.45, 7) is 9.18. The van der Waals surface area contributed by atoms with E-state index in [1.165, 1.54) is 0 Å². The lowest BCUT2D eigenvalue weighted by Gasteiger charge is -2.24. The quantitative estimate of drug-likeness (QED) is 0.429. The van der Waals surface area contributed by atoms with Gasteiger partial charge in [-0.3, -0.25) is 9.36 Å². The maximum absolute atomic E-state index is 13.7. The first-order valence-electron chi connectivity index (χ1n) is 11.0. The van der Waals surface area contributed by atoms with Gasteiger partial charge in [0, 0.05) is 17.8 Å². The van der Waals surface area contributed by atoms with Crippen molar-refractivity contribution in [3.05, 3.63) is 88.7 Å². The van der Waals surface area contributed by atoms with Crippen LogP contribution in [-0.2, 0) is 6.54 Å². The second kappa shape index (κ2) is 8.87. The number of carbonyl (C=O) groups is 1. The van der Waals surface area contributed by atoms with Crippen LogP contribution >= 0.6 is 0 Å². The highest BCUT2D eigenvalue weighted by Crippen LogP contribution is 2.25. The van der Waals surface area contributed by atoms with Crippen LogP contribution in [0.25, 0.3) is 16.7 Å². The van der Waals surface area contributed by atoms with Gasteiger partial charge >= 0.3 is 0 Å². The van der Waals surface area contributed by atoms with E-state index >= 15 is 0 Å². The average molecular weight is 428 g/mol. The predicted octanol–water partition coefficient (Wildman–Crippen LogP) is 5.71. The highest BCUT2D eigenvalue weighted by molar-refractivity contribution is 5.97. The number of carbonyl (C=O) groups excluding carboxylic acids is 1. The number of phenolic OH excluding ortho intramolecular Hbond substituents is 1. The first-order valence-corrected chi connectivity index (χ1v) is 11.0. The van der Waals surface area contributed by atoms with Gasteiger partial charge in [0.1, 0.15) is 11.6 Å². The van der Waals surface area contributed by atoms with E-state index in [2.05, 4.69) is 30.5 Å². The molecule has 0 aliphatic heterocycles. The number of para-hydroxylation sites is 2. The second-order valence-electron chi connectivity index (χ2n) is 8.37. The highest BCUT2D eigenvalue weighted by atomic mass is 16.3. The number of aryl methyl sites for hydroxylation is 3. The smallest absolute Gasteiger partial charge is 0.254 e. The summed E-state index contributed by atoms with van der Waals surface area (Å²) in [5.74, 6) is 1.04. The fourth-order valence-electron chi connectivity index (χ4n) is 4.44. The minimum atomic E-state index is 0.0335. The molecule has 0 fully saturated rings. The number of rotatable bonds is 6. The Morgan fingerprint density at radius 3 is 2.31 bits per heavy atom. The van der Waals surface area contributed by atoms with Crippen LogP contribution in [0, 0.1) is 20.8 Å². The van der Waals surface area contributed by atoms with Gasteiger partial charge in [0.15, 0.2) is 0 Å². The molecule has 1 amide bonds. The largest absolute Gasteiger partial charge is 0.508 e. The molecular weight excluding hydrogens is 398 g/mol. The maximum Gasteiger partial charge on any atom is 0.254 e. The Kier molecular flexibility index (Phi) is 5.99. The highest BCUT2D eigenvalue weighted by Gasteiger charge is 2.23. The Bertz CT molecular complexity index is 1250. The van der Waals surface area contributed by atoms with Crippen molar-refractivity contribution in [1.82, 2.24) is 14.5 Å². The van der Waals surface area contributed by atoms with Gasteiger partial charge < -0.3 is 10.0 Å². The first kappa shape index (κ1) is 21.6. The summed E-state index contributed by atoms with van der Waals surface area (Å²) in [6.07, 6.45) is 0.856. The van der Waals surface area contributed by atoms with Gasteiger partial charge in [0.25, 0.3) is 5.91 Å². The lowest BCUT2D eigenvalue weighted by Crippen LogP contribution is -2.33. The van der Waals surface area contributed by atoms with Gasteiger partial charge in [-0.25, -0.2) is 4.98 Å². The van der Waals surface area contributed by atoms with Crippen LogP contribution in [0.15, 0.2) is 60.7 Å². The van der Waals surface area contributed by atoms with Gasteiger partial charge in [-0.2, -0.15) is 0 Å². The normalized spacial score (nSPS) is 11.1. The number of aromatic hydroxyl groups is 1. The Hall–Kier alpha value is -3.60. The minimum absolute atomic E-state index is 0.0335. The SMILES string of the molecule is CCCN(Cc1nc2ccccc2n1-c1ccc(O)cc1)C(=O)c1c(C)cc(C)cc1C. The number of nitrogens with zero attached hydrogens (tertiary/aromatic N) is 3. The maximum atomic E-state index is 13.7. The van der Waals surface area contributed by atoms with Crippen molar-refractivity contribution in [2.45, 2.75) is 40.7 Å². The molecule has 4 rings (SSSR count). The van der Waals surface area contributed by atoms with Gasteiger partial charge in [-0.1, -0.05) is 36.8 Å². The number of hydrogen-bond acceptors (Lipinski definition) is 3. The summed E-state index contributed by atoms with van der Waals surface area (Å²) in [7, 11) is 0. The monoisotopic (exact) mass is 427 g/mol. The summed E-state index contributed by atoms with van der Waals surface area (Å²) in [6, 6.07) is 19.2. The molecule has 0 atom stereocenters. The zero-order chi connectivity index (χ0) is 22.8. The molecule has 0 aliphatic rings. The van der Waals surface area contributed by atoms with E-state index in [-0.39, 0.29) is 11.7 Å². The van der Waals surface area contributed by atoms with Crippen molar-refractivity contribution in [2.75, 3.05) is 6.54 Å². The Balaban J connectivity index is 1.79. The lowest BCUT2D eigenvalue weighted by atomic mass is 9.98. The molecule has 32 heavy (non-hydrogen) atoms. The van der Waals surface area contributed by atoms with Gasteiger partial charge in [-0.15, -0.1) is 0 Å². The van der Waals surface area contributed by atoms with Gasteiger partial charge in [0.05, 0.1) is 17.6 Å². The average Bonchev–Trinajstić information content (AvgIpc) is 3.11. The van der Waals surface area contributed by atoms with Crippen LogP contribution in [0.5, 0.6) is 5.75 Å². The van der Waals surface area contributed by atoms with E-state index in [9.17, 15) is 9.90 Å². The number of hydrogen-bond donors (Lipinski definition) is 1. The molecule has 1 aromatic heterocycles. The fourth-order valence-corrected chi connectivity index (χ4v) is 4.44. The van der Waals surface area contributed by atoms with Crippen LogP contribution in [0.3, 0.4) is 0 Å². The molecule has 0 saturated heterocycles. The number of aromatic nitrogens is 2. The third kappa shape index (κ3) is 4.11. The van der Waals surface area contributed by atoms with Crippen molar-refractivity contribution >= 4 is 16.9 Å². The molecule has 5 heteroatoms. The molecule has 4 aromatic rings. The third-order valence-corrected chi connectivity index (χ3v) is 5.74. The fraction of sp³-hybridized carbons (Fsp3) is 0.259. The Labute approximate surface area is 189 Å². The van der Waals surface area contributed by atoms with Gasteiger partial charge in [0.2, 0.25) is 0 Å². The molecule has 0 saturated carbocycles. The molecule has 0 aliphatic carbocycles. The van der Waals surface area contributed by atoms with E-state index in [1.807, 2.05) is 55.1 Å². The van der Waals surface area contributed by atoms with Crippen molar-refractivity contribution in [3.8, 4) is 11.4 Å². The lowest BCUT2D eigenvalue weighted by molar-refractivity contribution is 0.0737. The van der Waals surface area contributed by atoms with Crippen molar-refractivity contribution in [3.63, 3.8) is 0 Å². The van der Waals surface area contributed by atoms with E-state index in [0.717, 1.165) is 51.2 Å². The summed E-state index contributed by atoms with van der Waals surface area (Å²) in [5.41, 5.74) is 6.69. The van der Waals surface area contributed by atoms with E-state index in [1.54, 1.807) is 12.1 Å². The van der Waals surface area contributed by atoms with Crippen LogP contribution in [0.4, 0.5) is 0 Å². The Morgan fingerprint density at radius 2 is 1.66 bits per heavy atom. The molecule has 5 nitrogen and oxygen atoms in total. The summed E-state index contributed by atoms with van der Waals surface area (Å²) in [4.78, 5) is 20.4. The minimum Gasteiger partial charge on any atom is -0.508 e. The van der Waals surface area contributed by atoms with E-state index in [0.29, 0.717) is 13.1 Å². The first-order chi connectivity index (χ1) is 15.4.